The van der Waals surface area contributed by atoms with Crippen molar-refractivity contribution in [1.29, 1.82) is 0 Å². The van der Waals surface area contributed by atoms with Crippen molar-refractivity contribution >= 4 is 22.8 Å². The van der Waals surface area contributed by atoms with Gasteiger partial charge in [-0.25, -0.2) is 23.8 Å². The highest BCUT2D eigenvalue weighted by Crippen LogP contribution is 2.35. The number of rotatable bonds is 3. The van der Waals surface area contributed by atoms with E-state index in [1.165, 1.54) is 4.90 Å². The van der Waals surface area contributed by atoms with Crippen molar-refractivity contribution in [3.8, 4) is 5.82 Å². The minimum absolute atomic E-state index is 0.0156. The van der Waals surface area contributed by atoms with Gasteiger partial charge in [0, 0.05) is 37.0 Å². The van der Waals surface area contributed by atoms with Crippen LogP contribution in [-0.4, -0.2) is 91.1 Å². The molecule has 3 aromatic rings. The molecule has 2 saturated heterocycles. The largest absolute Gasteiger partial charge is 0.444 e. The Morgan fingerprint density at radius 3 is 2.39 bits per heavy atom. The molecule has 4 unspecified atom stereocenters. The number of aryl methyl sites for hydroxylation is 2. The molecule has 4 atom stereocenters. The monoisotopic (exact) mass is 526 g/mol. The highest BCUT2D eigenvalue weighted by Gasteiger charge is 2.35. The predicted octanol–water partition coefficient (Wildman–Crippen LogP) is 3.04. The van der Waals surface area contributed by atoms with Gasteiger partial charge in [-0.1, -0.05) is 0 Å². The molecule has 38 heavy (non-hydrogen) atoms. The SMILES string of the molecule is Cc1nc(N2CC(O)C(O)C2)cc(-n2ncc3cc(C)c(C4CCN(C(=O)OC(C)(C)C)CC4F)cc32)n1. The van der Waals surface area contributed by atoms with E-state index in [9.17, 15) is 15.0 Å². The van der Waals surface area contributed by atoms with Crippen LogP contribution in [0.4, 0.5) is 15.0 Å². The van der Waals surface area contributed by atoms with Crippen LogP contribution in [0.3, 0.4) is 0 Å². The van der Waals surface area contributed by atoms with Crippen LogP contribution in [0.25, 0.3) is 16.7 Å². The smallest absolute Gasteiger partial charge is 0.410 e. The minimum Gasteiger partial charge on any atom is -0.444 e. The Morgan fingerprint density at radius 1 is 1.05 bits per heavy atom. The Labute approximate surface area is 221 Å². The zero-order valence-electron chi connectivity index (χ0n) is 22.4. The van der Waals surface area contributed by atoms with Gasteiger partial charge in [-0.3, -0.25) is 0 Å². The number of aromatic nitrogens is 4. The molecule has 11 heteroatoms. The van der Waals surface area contributed by atoms with Gasteiger partial charge in [0.05, 0.1) is 30.5 Å². The number of anilines is 1. The molecule has 2 aliphatic rings. The average Bonchev–Trinajstić information content (AvgIpc) is 3.39. The molecule has 204 valence electrons. The van der Waals surface area contributed by atoms with Crippen molar-refractivity contribution < 1.29 is 24.1 Å². The van der Waals surface area contributed by atoms with E-state index in [1.807, 2.05) is 24.0 Å². The van der Waals surface area contributed by atoms with Crippen LogP contribution in [0.1, 0.15) is 50.1 Å². The lowest BCUT2D eigenvalue weighted by atomic mass is 9.85. The Hall–Kier alpha value is -3.31. The van der Waals surface area contributed by atoms with Crippen molar-refractivity contribution in [1.82, 2.24) is 24.6 Å². The number of likely N-dealkylation sites (tertiary alicyclic amines) is 1. The van der Waals surface area contributed by atoms with Crippen LogP contribution in [-0.2, 0) is 4.74 Å². The summed E-state index contributed by atoms with van der Waals surface area (Å²) in [5.41, 5.74) is 2.01. The highest BCUT2D eigenvalue weighted by molar-refractivity contribution is 5.82. The fourth-order valence-corrected chi connectivity index (χ4v) is 5.30. The first-order valence-corrected chi connectivity index (χ1v) is 13.0. The van der Waals surface area contributed by atoms with Gasteiger partial charge in [-0.05, 0) is 64.3 Å². The number of hydrogen-bond acceptors (Lipinski definition) is 8. The summed E-state index contributed by atoms with van der Waals surface area (Å²) < 4.78 is 22.7. The number of carbonyl (C=O) groups is 1. The minimum atomic E-state index is -1.23. The van der Waals surface area contributed by atoms with E-state index in [-0.39, 0.29) is 25.6 Å². The van der Waals surface area contributed by atoms with Crippen molar-refractivity contribution in [3.63, 3.8) is 0 Å². The third-order valence-electron chi connectivity index (χ3n) is 7.16. The summed E-state index contributed by atoms with van der Waals surface area (Å²) >= 11 is 0. The number of fused-ring (bicyclic) bond motifs is 1. The fraction of sp³-hybridized carbons (Fsp3) is 0.556. The summed E-state index contributed by atoms with van der Waals surface area (Å²) in [6.45, 7) is 10.1. The Bertz CT molecular complexity index is 1350. The third-order valence-corrected chi connectivity index (χ3v) is 7.16. The predicted molar refractivity (Wildman–Crippen MR) is 140 cm³/mol. The Kier molecular flexibility index (Phi) is 6.77. The Morgan fingerprint density at radius 2 is 1.74 bits per heavy atom. The summed E-state index contributed by atoms with van der Waals surface area (Å²) in [7, 11) is 0. The average molecular weight is 527 g/mol. The van der Waals surface area contributed by atoms with Crippen LogP contribution >= 0.6 is 0 Å². The van der Waals surface area contributed by atoms with Crippen LogP contribution in [0, 0.1) is 13.8 Å². The molecule has 4 heterocycles. The van der Waals surface area contributed by atoms with Gasteiger partial charge in [-0.15, -0.1) is 0 Å². The van der Waals surface area contributed by atoms with Crippen molar-refractivity contribution in [2.45, 2.75) is 70.9 Å². The van der Waals surface area contributed by atoms with Crippen LogP contribution in [0.15, 0.2) is 24.4 Å². The number of halogens is 1. The maximum atomic E-state index is 15.5. The van der Waals surface area contributed by atoms with Crippen molar-refractivity contribution in [3.05, 3.63) is 41.3 Å². The lowest BCUT2D eigenvalue weighted by Gasteiger charge is -2.36. The zero-order valence-corrected chi connectivity index (χ0v) is 22.4. The van der Waals surface area contributed by atoms with Crippen molar-refractivity contribution in [2.24, 2.45) is 0 Å². The number of β-amino-alcohol motifs (C(OH)–C–C–N with tert-alkyl or cyclic N) is 2. The number of carbonyl (C=O) groups excluding carboxylic acids is 1. The standard InChI is InChI=1S/C27H35FN6O4/c1-15-8-17-11-29-34(25-10-24(30-16(2)31-25)33-13-22(35)23(36)14-33)21(17)9-19(15)18-6-7-32(12-20(18)28)26(37)38-27(3,4)5/h8-11,18,20,22-23,35-36H,6-7,12-14H2,1-5H3. The Balaban J connectivity index is 1.44. The van der Waals surface area contributed by atoms with E-state index < -0.39 is 30.1 Å². The molecule has 5 rings (SSSR count). The zero-order chi connectivity index (χ0) is 27.4. The van der Waals surface area contributed by atoms with Crippen LogP contribution in [0.2, 0.25) is 0 Å². The second kappa shape index (κ2) is 9.77. The maximum Gasteiger partial charge on any atom is 0.410 e. The summed E-state index contributed by atoms with van der Waals surface area (Å²) in [5, 5.41) is 25.4. The lowest BCUT2D eigenvalue weighted by Crippen LogP contribution is -2.46. The number of nitrogens with zero attached hydrogens (tertiary/aromatic N) is 6. The van der Waals surface area contributed by atoms with Crippen LogP contribution < -0.4 is 4.90 Å². The molecular weight excluding hydrogens is 491 g/mol. The molecule has 2 fully saturated rings. The number of aliphatic hydroxyl groups excluding tert-OH is 2. The number of aliphatic hydroxyl groups is 2. The molecular formula is C27H35FN6O4. The van der Waals surface area contributed by atoms with E-state index in [1.54, 1.807) is 44.6 Å². The number of ether oxygens (including phenoxy) is 1. The molecule has 2 aromatic heterocycles. The molecule has 0 aliphatic carbocycles. The molecule has 1 aromatic carbocycles. The number of alkyl halides is 1. The first-order chi connectivity index (χ1) is 17.9. The third kappa shape index (κ3) is 5.17. The van der Waals surface area contributed by atoms with E-state index in [2.05, 4.69) is 15.1 Å². The fourth-order valence-electron chi connectivity index (χ4n) is 5.30. The molecule has 0 bridgehead atoms. The van der Waals surface area contributed by atoms with Gasteiger partial charge < -0.3 is 24.7 Å². The first-order valence-electron chi connectivity index (χ1n) is 13.0. The van der Waals surface area contributed by atoms with Gasteiger partial charge >= 0.3 is 6.09 Å². The highest BCUT2D eigenvalue weighted by atomic mass is 19.1. The number of hydrogen-bond donors (Lipinski definition) is 2. The molecule has 2 N–H and O–H groups in total. The van der Waals surface area contributed by atoms with E-state index >= 15 is 4.39 Å². The topological polar surface area (TPSA) is 117 Å². The second-order valence-corrected chi connectivity index (χ2v) is 11.3. The second-order valence-electron chi connectivity index (χ2n) is 11.3. The molecule has 10 nitrogen and oxygen atoms in total. The molecule has 0 radical (unpaired) electrons. The van der Waals surface area contributed by atoms with E-state index in [0.29, 0.717) is 30.4 Å². The van der Waals surface area contributed by atoms with E-state index in [0.717, 1.165) is 22.0 Å². The molecule has 1 amide bonds. The summed E-state index contributed by atoms with van der Waals surface area (Å²) in [4.78, 5) is 24.8. The van der Waals surface area contributed by atoms with Gasteiger partial charge in [0.15, 0.2) is 5.82 Å². The molecule has 0 saturated carbocycles. The normalized spacial score (nSPS) is 24.3. The van der Waals surface area contributed by atoms with E-state index in [4.69, 9.17) is 4.74 Å². The van der Waals surface area contributed by atoms with Gasteiger partial charge in [0.1, 0.15) is 23.4 Å². The van der Waals surface area contributed by atoms with Gasteiger partial charge in [0.25, 0.3) is 0 Å². The summed E-state index contributed by atoms with van der Waals surface area (Å²) in [6.07, 6.45) is -1.15. The van der Waals surface area contributed by atoms with Gasteiger partial charge in [-0.2, -0.15) is 5.10 Å². The van der Waals surface area contributed by atoms with Crippen LogP contribution in [0.5, 0.6) is 0 Å². The number of piperidine rings is 1. The summed E-state index contributed by atoms with van der Waals surface area (Å²) in [6, 6.07) is 5.75. The lowest BCUT2D eigenvalue weighted by molar-refractivity contribution is 0.0111. The molecule has 2 aliphatic heterocycles. The first kappa shape index (κ1) is 26.3. The maximum absolute atomic E-state index is 15.5. The number of benzene rings is 1. The van der Waals surface area contributed by atoms with Gasteiger partial charge in [0.2, 0.25) is 0 Å². The summed E-state index contributed by atoms with van der Waals surface area (Å²) in [5.74, 6) is 1.31. The van der Waals surface area contributed by atoms with Crippen molar-refractivity contribution in [2.75, 3.05) is 31.1 Å². The quantitative estimate of drug-likeness (QED) is 0.535. The molecule has 0 spiro atoms. The number of amides is 1.